The minimum absolute atomic E-state index is 0.0937. The van der Waals surface area contributed by atoms with Gasteiger partial charge >= 0.3 is 0 Å². The second-order valence-electron chi connectivity index (χ2n) is 9.55. The molecule has 2 aromatic rings. The quantitative estimate of drug-likeness (QED) is 0.543. The summed E-state index contributed by atoms with van der Waals surface area (Å²) in [4.78, 5) is 17.2. The van der Waals surface area contributed by atoms with E-state index in [2.05, 4.69) is 32.2 Å². The summed E-state index contributed by atoms with van der Waals surface area (Å²) in [6.07, 6.45) is 8.37. The molecule has 2 aliphatic carbocycles. The Morgan fingerprint density at radius 1 is 1.19 bits per heavy atom. The third kappa shape index (κ3) is 5.20. The van der Waals surface area contributed by atoms with Crippen molar-refractivity contribution in [2.75, 3.05) is 6.61 Å². The van der Waals surface area contributed by atoms with Crippen molar-refractivity contribution in [3.63, 3.8) is 0 Å². The zero-order chi connectivity index (χ0) is 21.8. The number of nitrogens with one attached hydrogen (secondary N) is 1. The smallest absolute Gasteiger partial charge is 0.226 e. The molecule has 31 heavy (non-hydrogen) atoms. The second-order valence-corrected chi connectivity index (χ2v) is 9.55. The van der Waals surface area contributed by atoms with E-state index in [4.69, 9.17) is 14.5 Å². The molecule has 0 bridgehead atoms. The van der Waals surface area contributed by atoms with Gasteiger partial charge in [0.25, 0.3) is 0 Å². The number of hydrogen-bond donors (Lipinski definition) is 1. The van der Waals surface area contributed by atoms with Gasteiger partial charge in [-0.05, 0) is 64.0 Å². The van der Waals surface area contributed by atoms with Gasteiger partial charge in [0.05, 0.1) is 30.5 Å². The number of benzene rings is 1. The lowest BCUT2D eigenvalue weighted by atomic mass is 9.92. The number of carbonyl (C=O) groups excluding carboxylic acids is 1. The predicted molar refractivity (Wildman–Crippen MR) is 123 cm³/mol. The van der Waals surface area contributed by atoms with Crippen molar-refractivity contribution < 1.29 is 14.3 Å². The molecule has 2 fully saturated rings. The van der Waals surface area contributed by atoms with Gasteiger partial charge in [0, 0.05) is 22.4 Å². The molecule has 1 heterocycles. The largest absolute Gasteiger partial charge is 0.493 e. The van der Waals surface area contributed by atoms with Crippen LogP contribution in [0.5, 0.6) is 5.75 Å². The SMILES string of the molecule is CCCCOc1c(C)c(COC2CCC(NC(=O)C3(C)CC3)CC2)nc2ccccc12. The Kier molecular flexibility index (Phi) is 6.80. The zero-order valence-electron chi connectivity index (χ0n) is 19.2. The van der Waals surface area contributed by atoms with E-state index in [1.54, 1.807) is 0 Å². The van der Waals surface area contributed by atoms with E-state index in [0.717, 1.165) is 85.9 Å². The first-order valence-electron chi connectivity index (χ1n) is 11.9. The number of amides is 1. The lowest BCUT2D eigenvalue weighted by molar-refractivity contribution is -0.127. The van der Waals surface area contributed by atoms with Gasteiger partial charge in [-0.15, -0.1) is 0 Å². The molecule has 0 atom stereocenters. The van der Waals surface area contributed by atoms with E-state index in [0.29, 0.717) is 12.6 Å². The Morgan fingerprint density at radius 2 is 1.94 bits per heavy atom. The Bertz CT molecular complexity index is 914. The van der Waals surface area contributed by atoms with Crippen LogP contribution >= 0.6 is 0 Å². The number of unbranched alkanes of at least 4 members (excludes halogenated alkanes) is 1. The number of ether oxygens (including phenoxy) is 2. The van der Waals surface area contributed by atoms with Crippen LogP contribution in [0.1, 0.15) is 76.5 Å². The van der Waals surface area contributed by atoms with Gasteiger partial charge in [-0.1, -0.05) is 32.4 Å². The van der Waals surface area contributed by atoms with Crippen LogP contribution in [0, 0.1) is 12.3 Å². The first-order chi connectivity index (χ1) is 15.0. The maximum atomic E-state index is 12.3. The topological polar surface area (TPSA) is 60.5 Å². The van der Waals surface area contributed by atoms with Crippen molar-refractivity contribution >= 4 is 16.8 Å². The van der Waals surface area contributed by atoms with Gasteiger partial charge in [-0.2, -0.15) is 0 Å². The standard InChI is InChI=1S/C26H36N2O3/c1-4-5-16-30-24-18(2)23(28-22-9-7-6-8-21(22)24)17-31-20-12-10-19(11-13-20)27-25(29)26(3)14-15-26/h6-9,19-20H,4-5,10-17H2,1-3H3,(H,27,29). The van der Waals surface area contributed by atoms with Crippen molar-refractivity contribution in [3.8, 4) is 5.75 Å². The fourth-order valence-electron chi connectivity index (χ4n) is 4.32. The molecule has 0 aliphatic heterocycles. The van der Waals surface area contributed by atoms with Crippen LogP contribution in [0.4, 0.5) is 0 Å². The summed E-state index contributed by atoms with van der Waals surface area (Å²) < 4.78 is 12.5. The fourth-order valence-corrected chi connectivity index (χ4v) is 4.32. The summed E-state index contributed by atoms with van der Waals surface area (Å²) >= 11 is 0. The van der Waals surface area contributed by atoms with Gasteiger partial charge in [-0.3, -0.25) is 4.79 Å². The monoisotopic (exact) mass is 424 g/mol. The van der Waals surface area contributed by atoms with E-state index >= 15 is 0 Å². The molecule has 0 spiro atoms. The van der Waals surface area contributed by atoms with Crippen LogP contribution < -0.4 is 10.1 Å². The number of nitrogens with zero attached hydrogens (tertiary/aromatic N) is 1. The van der Waals surface area contributed by atoms with Crippen molar-refractivity contribution in [2.24, 2.45) is 5.41 Å². The number of rotatable bonds is 9. The molecular weight excluding hydrogens is 388 g/mol. The maximum Gasteiger partial charge on any atom is 0.226 e. The molecule has 168 valence electrons. The lowest BCUT2D eigenvalue weighted by Gasteiger charge is -2.30. The van der Waals surface area contributed by atoms with Crippen LogP contribution in [0.25, 0.3) is 10.9 Å². The zero-order valence-corrected chi connectivity index (χ0v) is 19.2. The molecular formula is C26H36N2O3. The molecule has 1 aromatic heterocycles. The summed E-state index contributed by atoms with van der Waals surface area (Å²) in [6, 6.07) is 8.47. The number of pyridine rings is 1. The summed E-state index contributed by atoms with van der Waals surface area (Å²) in [7, 11) is 0. The third-order valence-corrected chi connectivity index (χ3v) is 6.94. The molecule has 1 amide bonds. The highest BCUT2D eigenvalue weighted by molar-refractivity contribution is 5.86. The molecule has 0 radical (unpaired) electrons. The maximum absolute atomic E-state index is 12.3. The van der Waals surface area contributed by atoms with E-state index in [1.165, 1.54) is 0 Å². The summed E-state index contributed by atoms with van der Waals surface area (Å²) in [5.74, 6) is 1.18. The highest BCUT2D eigenvalue weighted by atomic mass is 16.5. The number of carbonyl (C=O) groups is 1. The summed E-state index contributed by atoms with van der Waals surface area (Å²) in [6.45, 7) is 7.55. The van der Waals surface area contributed by atoms with Crippen LogP contribution in [-0.4, -0.2) is 29.6 Å². The van der Waals surface area contributed by atoms with E-state index in [1.807, 2.05) is 18.2 Å². The highest BCUT2D eigenvalue weighted by Crippen LogP contribution is 2.45. The number of para-hydroxylation sites is 1. The van der Waals surface area contributed by atoms with Crippen LogP contribution in [-0.2, 0) is 16.1 Å². The summed E-state index contributed by atoms with van der Waals surface area (Å²) in [5.41, 5.74) is 2.90. The number of fused-ring (bicyclic) bond motifs is 1. The van der Waals surface area contributed by atoms with Gasteiger partial charge < -0.3 is 14.8 Å². The van der Waals surface area contributed by atoms with Crippen LogP contribution in [0.2, 0.25) is 0 Å². The minimum atomic E-state index is -0.0937. The number of hydrogen-bond acceptors (Lipinski definition) is 4. The Balaban J connectivity index is 1.35. The third-order valence-electron chi connectivity index (χ3n) is 6.94. The first kappa shape index (κ1) is 22.1. The van der Waals surface area contributed by atoms with E-state index < -0.39 is 0 Å². The molecule has 5 nitrogen and oxygen atoms in total. The Morgan fingerprint density at radius 3 is 2.65 bits per heavy atom. The van der Waals surface area contributed by atoms with Gasteiger partial charge in [-0.25, -0.2) is 4.98 Å². The van der Waals surface area contributed by atoms with Crippen LogP contribution in [0.15, 0.2) is 24.3 Å². The second kappa shape index (κ2) is 9.56. The van der Waals surface area contributed by atoms with Crippen LogP contribution in [0.3, 0.4) is 0 Å². The Labute approximate surface area is 185 Å². The fraction of sp³-hybridized carbons (Fsp3) is 0.615. The van der Waals surface area contributed by atoms with Gasteiger partial charge in [0.2, 0.25) is 5.91 Å². The van der Waals surface area contributed by atoms with Crippen molar-refractivity contribution in [2.45, 2.75) is 90.9 Å². The molecule has 1 N–H and O–H groups in total. The molecule has 0 saturated heterocycles. The molecule has 2 aliphatic rings. The lowest BCUT2D eigenvalue weighted by Crippen LogP contribution is -2.42. The average Bonchev–Trinajstić information content (AvgIpc) is 3.54. The van der Waals surface area contributed by atoms with E-state index in [-0.39, 0.29) is 17.4 Å². The minimum Gasteiger partial charge on any atom is -0.493 e. The normalized spacial score (nSPS) is 22.3. The number of aromatic nitrogens is 1. The van der Waals surface area contributed by atoms with Crippen molar-refractivity contribution in [1.29, 1.82) is 0 Å². The molecule has 4 rings (SSSR count). The van der Waals surface area contributed by atoms with Crippen molar-refractivity contribution in [1.82, 2.24) is 10.3 Å². The molecule has 1 aromatic carbocycles. The van der Waals surface area contributed by atoms with Gasteiger partial charge in [0.15, 0.2) is 0 Å². The van der Waals surface area contributed by atoms with Gasteiger partial charge in [0.1, 0.15) is 5.75 Å². The predicted octanol–water partition coefficient (Wildman–Crippen LogP) is 5.47. The van der Waals surface area contributed by atoms with E-state index in [9.17, 15) is 4.79 Å². The van der Waals surface area contributed by atoms with Crippen molar-refractivity contribution in [3.05, 3.63) is 35.5 Å². The summed E-state index contributed by atoms with van der Waals surface area (Å²) in [5, 5.41) is 4.32. The highest BCUT2D eigenvalue weighted by Gasteiger charge is 2.45. The molecule has 0 unspecified atom stereocenters. The first-order valence-corrected chi connectivity index (χ1v) is 11.9. The molecule has 5 heteroatoms. The average molecular weight is 425 g/mol. The molecule has 2 saturated carbocycles. The Hall–Kier alpha value is -2.14.